The highest BCUT2D eigenvalue weighted by atomic mass is 16.5. The van der Waals surface area contributed by atoms with Gasteiger partial charge in [0, 0.05) is 30.7 Å². The quantitative estimate of drug-likeness (QED) is 0.779. The molecule has 1 fully saturated rings. The minimum atomic E-state index is 0.0527. The molecule has 5 nitrogen and oxygen atoms in total. The number of unbranched alkanes of at least 4 members (excludes halogenated alkanes) is 1. The Labute approximate surface area is 145 Å². The van der Waals surface area contributed by atoms with Gasteiger partial charge in [-0.15, -0.1) is 0 Å². The Hall–Kier alpha value is -1.75. The second kappa shape index (κ2) is 8.92. The SMILES string of the molecule is CCCCOc1ccc(C(=O)N2CCNC(C)C2C)cc1OCC. The van der Waals surface area contributed by atoms with Gasteiger partial charge < -0.3 is 19.7 Å². The van der Waals surface area contributed by atoms with E-state index >= 15 is 0 Å². The number of carbonyl (C=O) groups is 1. The molecular weight excluding hydrogens is 304 g/mol. The van der Waals surface area contributed by atoms with Crippen molar-refractivity contribution in [2.24, 2.45) is 0 Å². The van der Waals surface area contributed by atoms with Crippen molar-refractivity contribution in [3.8, 4) is 11.5 Å². The van der Waals surface area contributed by atoms with Crippen molar-refractivity contribution in [3.63, 3.8) is 0 Å². The molecule has 1 aliphatic rings. The van der Waals surface area contributed by atoms with Gasteiger partial charge in [-0.05, 0) is 45.4 Å². The summed E-state index contributed by atoms with van der Waals surface area (Å²) in [7, 11) is 0. The summed E-state index contributed by atoms with van der Waals surface area (Å²) in [6.07, 6.45) is 2.09. The normalized spacial score (nSPS) is 20.8. The third-order valence-electron chi connectivity index (χ3n) is 4.54. The van der Waals surface area contributed by atoms with Gasteiger partial charge in [0.05, 0.1) is 13.2 Å². The lowest BCUT2D eigenvalue weighted by atomic mass is 10.0. The second-order valence-corrected chi connectivity index (χ2v) is 6.28. The van der Waals surface area contributed by atoms with Crippen LogP contribution in [0, 0.1) is 0 Å². The van der Waals surface area contributed by atoms with Crippen LogP contribution in [0.5, 0.6) is 11.5 Å². The van der Waals surface area contributed by atoms with Crippen LogP contribution < -0.4 is 14.8 Å². The first kappa shape index (κ1) is 18.6. The summed E-state index contributed by atoms with van der Waals surface area (Å²) in [5, 5.41) is 3.40. The molecule has 0 aliphatic carbocycles. The molecule has 24 heavy (non-hydrogen) atoms. The first-order valence-electron chi connectivity index (χ1n) is 9.02. The lowest BCUT2D eigenvalue weighted by Gasteiger charge is -2.38. The van der Waals surface area contributed by atoms with Crippen LogP contribution in [-0.2, 0) is 0 Å². The number of rotatable bonds is 7. The van der Waals surface area contributed by atoms with Crippen molar-refractivity contribution >= 4 is 5.91 Å². The molecule has 0 aromatic heterocycles. The fourth-order valence-electron chi connectivity index (χ4n) is 2.86. The van der Waals surface area contributed by atoms with E-state index in [0.29, 0.717) is 36.3 Å². The summed E-state index contributed by atoms with van der Waals surface area (Å²) in [5.74, 6) is 1.41. The van der Waals surface area contributed by atoms with E-state index in [4.69, 9.17) is 9.47 Å². The van der Waals surface area contributed by atoms with Crippen LogP contribution in [0.3, 0.4) is 0 Å². The first-order valence-corrected chi connectivity index (χ1v) is 9.02. The van der Waals surface area contributed by atoms with E-state index in [9.17, 15) is 4.79 Å². The summed E-state index contributed by atoms with van der Waals surface area (Å²) < 4.78 is 11.5. The Bertz CT molecular complexity index is 547. The molecule has 0 bridgehead atoms. The average molecular weight is 334 g/mol. The minimum Gasteiger partial charge on any atom is -0.490 e. The second-order valence-electron chi connectivity index (χ2n) is 6.28. The van der Waals surface area contributed by atoms with Gasteiger partial charge in [-0.25, -0.2) is 0 Å². The van der Waals surface area contributed by atoms with Crippen LogP contribution in [0.2, 0.25) is 0 Å². The number of ether oxygens (including phenoxy) is 2. The molecule has 1 amide bonds. The predicted octanol–water partition coefficient (Wildman–Crippen LogP) is 3.09. The molecule has 0 spiro atoms. The zero-order chi connectivity index (χ0) is 17.5. The van der Waals surface area contributed by atoms with E-state index in [1.54, 1.807) is 0 Å². The standard InChI is InChI=1S/C19H30N2O3/c1-5-7-12-24-17-9-8-16(13-18(17)23-6-2)19(22)21-11-10-20-14(3)15(21)4/h8-9,13-15,20H,5-7,10-12H2,1-4H3. The monoisotopic (exact) mass is 334 g/mol. The van der Waals surface area contributed by atoms with Gasteiger partial charge in [0.1, 0.15) is 0 Å². The molecule has 1 aromatic rings. The van der Waals surface area contributed by atoms with Crippen molar-refractivity contribution in [1.29, 1.82) is 0 Å². The van der Waals surface area contributed by atoms with Crippen LogP contribution >= 0.6 is 0 Å². The first-order chi connectivity index (χ1) is 11.6. The maximum Gasteiger partial charge on any atom is 0.254 e. The van der Waals surface area contributed by atoms with Gasteiger partial charge in [-0.3, -0.25) is 4.79 Å². The molecule has 2 atom stereocenters. The van der Waals surface area contributed by atoms with Crippen molar-refractivity contribution in [2.45, 2.75) is 52.6 Å². The molecule has 134 valence electrons. The van der Waals surface area contributed by atoms with Gasteiger partial charge in [0.15, 0.2) is 11.5 Å². The summed E-state index contributed by atoms with van der Waals surface area (Å²) in [4.78, 5) is 14.8. The number of hydrogen-bond donors (Lipinski definition) is 1. The van der Waals surface area contributed by atoms with Crippen molar-refractivity contribution < 1.29 is 14.3 Å². The molecule has 0 saturated carbocycles. The topological polar surface area (TPSA) is 50.8 Å². The van der Waals surface area contributed by atoms with Gasteiger partial charge in [0.25, 0.3) is 5.91 Å². The van der Waals surface area contributed by atoms with Crippen molar-refractivity contribution in [3.05, 3.63) is 23.8 Å². The van der Waals surface area contributed by atoms with E-state index in [-0.39, 0.29) is 11.9 Å². The van der Waals surface area contributed by atoms with E-state index in [1.165, 1.54) is 0 Å². The van der Waals surface area contributed by atoms with Gasteiger partial charge in [-0.2, -0.15) is 0 Å². The highest BCUT2D eigenvalue weighted by Crippen LogP contribution is 2.29. The number of carbonyl (C=O) groups excluding carboxylic acids is 1. The Morgan fingerprint density at radius 2 is 2.04 bits per heavy atom. The van der Waals surface area contributed by atoms with Gasteiger partial charge in [-0.1, -0.05) is 13.3 Å². The lowest BCUT2D eigenvalue weighted by molar-refractivity contribution is 0.0602. The zero-order valence-electron chi connectivity index (χ0n) is 15.3. The van der Waals surface area contributed by atoms with Crippen LogP contribution in [0.4, 0.5) is 0 Å². The third-order valence-corrected chi connectivity index (χ3v) is 4.54. The molecule has 2 rings (SSSR count). The zero-order valence-corrected chi connectivity index (χ0v) is 15.3. The fraction of sp³-hybridized carbons (Fsp3) is 0.632. The van der Waals surface area contributed by atoms with Crippen molar-refractivity contribution in [2.75, 3.05) is 26.3 Å². The van der Waals surface area contributed by atoms with Crippen LogP contribution in [0.15, 0.2) is 18.2 Å². The maximum absolute atomic E-state index is 12.9. The highest BCUT2D eigenvalue weighted by Gasteiger charge is 2.29. The summed E-state index contributed by atoms with van der Waals surface area (Å²) in [5.41, 5.74) is 0.655. The highest BCUT2D eigenvalue weighted by molar-refractivity contribution is 5.95. The van der Waals surface area contributed by atoms with E-state index in [0.717, 1.165) is 25.9 Å². The Morgan fingerprint density at radius 3 is 2.75 bits per heavy atom. The number of piperazine rings is 1. The van der Waals surface area contributed by atoms with Crippen LogP contribution in [-0.4, -0.2) is 49.2 Å². The Kier molecular flexibility index (Phi) is 6.91. The van der Waals surface area contributed by atoms with E-state index < -0.39 is 0 Å². The largest absolute Gasteiger partial charge is 0.490 e. The molecule has 5 heteroatoms. The molecule has 2 unspecified atom stereocenters. The maximum atomic E-state index is 12.9. The number of nitrogens with zero attached hydrogens (tertiary/aromatic N) is 1. The average Bonchev–Trinajstić information content (AvgIpc) is 2.58. The Morgan fingerprint density at radius 1 is 1.25 bits per heavy atom. The van der Waals surface area contributed by atoms with Gasteiger partial charge >= 0.3 is 0 Å². The lowest BCUT2D eigenvalue weighted by Crippen LogP contribution is -2.57. The fourth-order valence-corrected chi connectivity index (χ4v) is 2.86. The molecule has 1 saturated heterocycles. The molecule has 1 heterocycles. The number of nitrogens with one attached hydrogen (secondary N) is 1. The molecule has 1 aliphatic heterocycles. The molecule has 1 aromatic carbocycles. The van der Waals surface area contributed by atoms with E-state index in [2.05, 4.69) is 26.1 Å². The summed E-state index contributed by atoms with van der Waals surface area (Å²) in [6, 6.07) is 5.97. The van der Waals surface area contributed by atoms with Crippen LogP contribution in [0.1, 0.15) is 50.9 Å². The number of benzene rings is 1. The predicted molar refractivity (Wildman–Crippen MR) is 96.0 cm³/mol. The third kappa shape index (κ3) is 4.41. The minimum absolute atomic E-state index is 0.0527. The number of hydrogen-bond acceptors (Lipinski definition) is 4. The number of amides is 1. The van der Waals surface area contributed by atoms with Crippen LogP contribution in [0.25, 0.3) is 0 Å². The van der Waals surface area contributed by atoms with Crippen molar-refractivity contribution in [1.82, 2.24) is 10.2 Å². The van der Waals surface area contributed by atoms with E-state index in [1.807, 2.05) is 30.0 Å². The summed E-state index contributed by atoms with van der Waals surface area (Å²) >= 11 is 0. The smallest absolute Gasteiger partial charge is 0.254 e. The van der Waals surface area contributed by atoms with Gasteiger partial charge in [0.2, 0.25) is 0 Å². The molecule has 1 N–H and O–H groups in total. The summed E-state index contributed by atoms with van der Waals surface area (Å²) in [6.45, 7) is 11.0. The molecule has 0 radical (unpaired) electrons. The Balaban J connectivity index is 2.17. The molecular formula is C19H30N2O3.